The molecule has 4 heteroatoms. The molecule has 0 aliphatic rings. The van der Waals surface area contributed by atoms with Crippen LogP contribution in [0.2, 0.25) is 0 Å². The van der Waals surface area contributed by atoms with Gasteiger partial charge in [0, 0.05) is 38.0 Å². The van der Waals surface area contributed by atoms with E-state index >= 15 is 0 Å². The number of rotatable bonds is 10. The normalized spacial score (nSPS) is 13.6. The highest BCUT2D eigenvalue weighted by molar-refractivity contribution is 5.76. The largest absolute Gasteiger partial charge is 0.310 e. The van der Waals surface area contributed by atoms with Gasteiger partial charge in [0.25, 0.3) is 0 Å². The maximum Gasteiger partial charge on any atom is 0.131 e. The van der Waals surface area contributed by atoms with Crippen LogP contribution in [0.15, 0.2) is 24.3 Å². The van der Waals surface area contributed by atoms with Gasteiger partial charge in [0.1, 0.15) is 11.6 Å². The first-order valence-corrected chi connectivity index (χ1v) is 7.90. The lowest BCUT2D eigenvalue weighted by molar-refractivity contribution is -0.118. The van der Waals surface area contributed by atoms with Gasteiger partial charge in [-0.15, -0.1) is 0 Å². The average molecular weight is 304 g/mol. The Morgan fingerprint density at radius 2 is 1.32 bits per heavy atom. The summed E-state index contributed by atoms with van der Waals surface area (Å²) >= 11 is 0. The molecule has 0 radical (unpaired) electrons. The van der Waals surface area contributed by atoms with E-state index in [1.165, 1.54) is 11.1 Å². The molecule has 2 N–H and O–H groups in total. The van der Waals surface area contributed by atoms with Crippen LogP contribution in [0.1, 0.15) is 51.7 Å². The zero-order valence-corrected chi connectivity index (χ0v) is 14.1. The second kappa shape index (κ2) is 9.49. The van der Waals surface area contributed by atoms with Gasteiger partial charge in [-0.3, -0.25) is 9.59 Å². The highest BCUT2D eigenvalue weighted by Gasteiger charge is 2.06. The second-order valence-corrected chi connectivity index (χ2v) is 6.20. The lowest BCUT2D eigenvalue weighted by Gasteiger charge is -2.14. The SMILES string of the molecule is CC(=O)CC(C)NCc1cccc(CNC(C)CC(C)=O)c1. The molecular weight excluding hydrogens is 276 g/mol. The predicted molar refractivity (Wildman–Crippen MR) is 89.6 cm³/mol. The van der Waals surface area contributed by atoms with Crippen LogP contribution in [0.5, 0.6) is 0 Å². The van der Waals surface area contributed by atoms with Crippen LogP contribution in [0.3, 0.4) is 0 Å². The van der Waals surface area contributed by atoms with E-state index in [2.05, 4.69) is 28.8 Å². The minimum Gasteiger partial charge on any atom is -0.310 e. The Balaban J connectivity index is 2.45. The molecule has 22 heavy (non-hydrogen) atoms. The highest BCUT2D eigenvalue weighted by atomic mass is 16.1. The number of carbonyl (C=O) groups is 2. The van der Waals surface area contributed by atoms with Gasteiger partial charge in [-0.1, -0.05) is 24.3 Å². The summed E-state index contributed by atoms with van der Waals surface area (Å²) in [4.78, 5) is 22.1. The van der Waals surface area contributed by atoms with Gasteiger partial charge in [-0.05, 0) is 38.8 Å². The van der Waals surface area contributed by atoms with Crippen molar-refractivity contribution in [2.75, 3.05) is 0 Å². The van der Waals surface area contributed by atoms with Gasteiger partial charge in [0.2, 0.25) is 0 Å². The number of hydrogen-bond acceptors (Lipinski definition) is 4. The number of Topliss-reactive ketones (excluding diaryl/α,β-unsaturated/α-hetero) is 2. The Bertz CT molecular complexity index is 458. The summed E-state index contributed by atoms with van der Waals surface area (Å²) in [6, 6.07) is 8.73. The van der Waals surface area contributed by atoms with Crippen LogP contribution >= 0.6 is 0 Å². The lowest BCUT2D eigenvalue weighted by atomic mass is 10.1. The Morgan fingerprint density at radius 1 is 0.909 bits per heavy atom. The zero-order chi connectivity index (χ0) is 16.5. The molecule has 0 aromatic heterocycles. The van der Waals surface area contributed by atoms with E-state index in [0.29, 0.717) is 12.8 Å². The van der Waals surface area contributed by atoms with Crippen LogP contribution in [-0.2, 0) is 22.7 Å². The molecular formula is C18H28N2O2. The molecule has 0 saturated heterocycles. The van der Waals surface area contributed by atoms with Crippen LogP contribution in [0, 0.1) is 0 Å². The van der Waals surface area contributed by atoms with E-state index in [9.17, 15) is 9.59 Å². The van der Waals surface area contributed by atoms with E-state index in [1.54, 1.807) is 13.8 Å². The maximum absolute atomic E-state index is 11.1. The van der Waals surface area contributed by atoms with E-state index in [0.717, 1.165) is 13.1 Å². The quantitative estimate of drug-likeness (QED) is 0.697. The fraction of sp³-hybridized carbons (Fsp3) is 0.556. The average Bonchev–Trinajstić information content (AvgIpc) is 2.42. The number of ketones is 2. The van der Waals surface area contributed by atoms with Gasteiger partial charge in [-0.25, -0.2) is 0 Å². The van der Waals surface area contributed by atoms with E-state index < -0.39 is 0 Å². The summed E-state index contributed by atoms with van der Waals surface area (Å²) in [6.45, 7) is 8.79. The van der Waals surface area contributed by atoms with Crippen molar-refractivity contribution in [3.05, 3.63) is 35.4 Å². The first-order valence-electron chi connectivity index (χ1n) is 7.90. The summed E-state index contributed by atoms with van der Waals surface area (Å²) in [7, 11) is 0. The third kappa shape index (κ3) is 8.05. The van der Waals surface area contributed by atoms with Crippen molar-refractivity contribution in [2.24, 2.45) is 0 Å². The fourth-order valence-corrected chi connectivity index (χ4v) is 2.44. The van der Waals surface area contributed by atoms with Crippen LogP contribution < -0.4 is 10.6 Å². The van der Waals surface area contributed by atoms with Crippen molar-refractivity contribution in [2.45, 2.75) is 65.7 Å². The van der Waals surface area contributed by atoms with Crippen molar-refractivity contribution in [3.63, 3.8) is 0 Å². The molecule has 1 aromatic rings. The van der Waals surface area contributed by atoms with Crippen LogP contribution in [-0.4, -0.2) is 23.7 Å². The number of benzene rings is 1. The number of hydrogen-bond donors (Lipinski definition) is 2. The Morgan fingerprint density at radius 3 is 1.68 bits per heavy atom. The molecule has 122 valence electrons. The topological polar surface area (TPSA) is 58.2 Å². The van der Waals surface area contributed by atoms with Crippen molar-refractivity contribution in [1.82, 2.24) is 10.6 Å². The standard InChI is InChI=1S/C18H28N2O2/c1-13(8-15(3)21)19-11-17-6-5-7-18(10-17)12-20-14(2)9-16(4)22/h5-7,10,13-14,19-20H,8-9,11-12H2,1-4H3. The highest BCUT2D eigenvalue weighted by Crippen LogP contribution is 2.07. The molecule has 0 saturated carbocycles. The molecule has 0 heterocycles. The molecule has 0 aliphatic heterocycles. The number of nitrogens with one attached hydrogen (secondary N) is 2. The molecule has 0 amide bonds. The third-order valence-corrected chi connectivity index (χ3v) is 3.49. The van der Waals surface area contributed by atoms with Crippen molar-refractivity contribution in [3.8, 4) is 0 Å². The first kappa shape index (κ1) is 18.5. The minimum atomic E-state index is 0.190. The maximum atomic E-state index is 11.1. The van der Waals surface area contributed by atoms with Gasteiger partial charge in [0.05, 0.1) is 0 Å². The molecule has 0 aliphatic carbocycles. The molecule has 1 rings (SSSR count). The molecule has 1 aromatic carbocycles. The second-order valence-electron chi connectivity index (χ2n) is 6.20. The molecule has 2 atom stereocenters. The fourth-order valence-electron chi connectivity index (χ4n) is 2.44. The van der Waals surface area contributed by atoms with E-state index in [1.807, 2.05) is 19.9 Å². The third-order valence-electron chi connectivity index (χ3n) is 3.49. The van der Waals surface area contributed by atoms with Crippen LogP contribution in [0.25, 0.3) is 0 Å². The lowest BCUT2D eigenvalue weighted by Crippen LogP contribution is -2.28. The van der Waals surface area contributed by atoms with Gasteiger partial charge < -0.3 is 10.6 Å². The first-order chi connectivity index (χ1) is 10.4. The molecule has 0 spiro atoms. The van der Waals surface area contributed by atoms with Gasteiger partial charge in [0.15, 0.2) is 0 Å². The van der Waals surface area contributed by atoms with Crippen LogP contribution in [0.4, 0.5) is 0 Å². The molecule has 2 unspecified atom stereocenters. The summed E-state index contributed by atoms with van der Waals surface area (Å²) in [5.74, 6) is 0.412. The van der Waals surface area contributed by atoms with Gasteiger partial charge in [-0.2, -0.15) is 0 Å². The van der Waals surface area contributed by atoms with Crippen molar-refractivity contribution < 1.29 is 9.59 Å². The van der Waals surface area contributed by atoms with E-state index in [-0.39, 0.29) is 23.7 Å². The Kier molecular flexibility index (Phi) is 7.99. The summed E-state index contributed by atoms with van der Waals surface area (Å²) < 4.78 is 0. The number of carbonyl (C=O) groups excluding carboxylic acids is 2. The summed E-state index contributed by atoms with van der Waals surface area (Å²) in [5, 5.41) is 6.73. The minimum absolute atomic E-state index is 0.190. The Hall–Kier alpha value is -1.52. The van der Waals surface area contributed by atoms with Crippen molar-refractivity contribution in [1.29, 1.82) is 0 Å². The van der Waals surface area contributed by atoms with Gasteiger partial charge >= 0.3 is 0 Å². The zero-order valence-electron chi connectivity index (χ0n) is 14.1. The summed E-state index contributed by atoms with van der Waals surface area (Å²) in [5.41, 5.74) is 2.41. The van der Waals surface area contributed by atoms with E-state index in [4.69, 9.17) is 0 Å². The van der Waals surface area contributed by atoms with Crippen molar-refractivity contribution >= 4 is 11.6 Å². The smallest absolute Gasteiger partial charge is 0.131 e. The molecule has 0 bridgehead atoms. The molecule has 4 nitrogen and oxygen atoms in total. The molecule has 0 fully saturated rings. The Labute approximate surface area is 133 Å². The monoisotopic (exact) mass is 304 g/mol. The summed E-state index contributed by atoms with van der Waals surface area (Å²) in [6.07, 6.45) is 1.12. The predicted octanol–water partition coefficient (Wildman–Crippen LogP) is 2.60.